The number of alkyl halides is 1. The van der Waals surface area contributed by atoms with E-state index in [9.17, 15) is 14.3 Å². The second-order valence-electron chi connectivity index (χ2n) is 2.38. The van der Waals surface area contributed by atoms with E-state index in [1.54, 1.807) is 0 Å². The summed E-state index contributed by atoms with van der Waals surface area (Å²) in [5, 5.41) is 9.24. The van der Waals surface area contributed by atoms with Crippen molar-refractivity contribution in [1.29, 1.82) is 0 Å². The fraction of sp³-hybridized carbons (Fsp3) is 0.222. The van der Waals surface area contributed by atoms with Crippen LogP contribution in [0.5, 0.6) is 11.5 Å². The van der Waals surface area contributed by atoms with E-state index in [0.717, 1.165) is 0 Å². The third kappa shape index (κ3) is 2.43. The molecule has 0 aliphatic rings. The van der Waals surface area contributed by atoms with Gasteiger partial charge in [-0.25, -0.2) is 4.39 Å². The number of hydrogen-bond donors (Lipinski definition) is 1. The Balaban J connectivity index is 2.79. The van der Waals surface area contributed by atoms with Crippen molar-refractivity contribution in [1.82, 2.24) is 0 Å². The molecule has 1 N–H and O–H groups in total. The summed E-state index contributed by atoms with van der Waals surface area (Å²) in [4.78, 5) is 10.3. The number of phenols is 1. The van der Waals surface area contributed by atoms with Gasteiger partial charge in [0.25, 0.3) is 0 Å². The fourth-order valence-corrected chi connectivity index (χ4v) is 0.878. The van der Waals surface area contributed by atoms with E-state index < -0.39 is 6.67 Å². The highest BCUT2D eigenvalue weighted by Gasteiger charge is 2.02. The molecule has 0 aliphatic carbocycles. The minimum Gasteiger partial charge on any atom is -0.504 e. The van der Waals surface area contributed by atoms with Gasteiger partial charge in [-0.15, -0.1) is 0 Å². The SMILES string of the molecule is O=Cc1ccc(OCCF)c(O)c1. The van der Waals surface area contributed by atoms with Crippen molar-refractivity contribution < 1.29 is 19.0 Å². The van der Waals surface area contributed by atoms with Crippen LogP contribution in [-0.4, -0.2) is 24.7 Å². The van der Waals surface area contributed by atoms with E-state index in [0.29, 0.717) is 11.8 Å². The van der Waals surface area contributed by atoms with Crippen molar-refractivity contribution >= 4 is 6.29 Å². The summed E-state index contributed by atoms with van der Waals surface area (Å²) in [5.74, 6) is 0.0290. The van der Waals surface area contributed by atoms with E-state index in [2.05, 4.69) is 0 Å². The Morgan fingerprint density at radius 1 is 1.54 bits per heavy atom. The fourth-order valence-electron chi connectivity index (χ4n) is 0.878. The average molecular weight is 184 g/mol. The van der Waals surface area contributed by atoms with Crippen molar-refractivity contribution in [3.05, 3.63) is 23.8 Å². The van der Waals surface area contributed by atoms with E-state index >= 15 is 0 Å². The van der Waals surface area contributed by atoms with Gasteiger partial charge in [0.15, 0.2) is 11.5 Å². The molecule has 0 amide bonds. The highest BCUT2D eigenvalue weighted by Crippen LogP contribution is 2.25. The Morgan fingerprint density at radius 2 is 2.31 bits per heavy atom. The number of halogens is 1. The van der Waals surface area contributed by atoms with Gasteiger partial charge in [-0.05, 0) is 18.2 Å². The molecule has 1 aromatic rings. The number of phenolic OH excluding ortho intramolecular Hbond substituents is 1. The van der Waals surface area contributed by atoms with Crippen LogP contribution in [0.3, 0.4) is 0 Å². The molecule has 0 spiro atoms. The molecule has 0 aromatic heterocycles. The van der Waals surface area contributed by atoms with Crippen LogP contribution >= 0.6 is 0 Å². The monoisotopic (exact) mass is 184 g/mol. The molecule has 0 atom stereocenters. The quantitative estimate of drug-likeness (QED) is 0.722. The van der Waals surface area contributed by atoms with Crippen LogP contribution < -0.4 is 4.74 Å². The minimum absolute atomic E-state index is 0.103. The van der Waals surface area contributed by atoms with Gasteiger partial charge < -0.3 is 9.84 Å². The summed E-state index contributed by atoms with van der Waals surface area (Å²) < 4.78 is 16.5. The molecular weight excluding hydrogens is 175 g/mol. The minimum atomic E-state index is -0.616. The van der Waals surface area contributed by atoms with Crippen LogP contribution in [0, 0.1) is 0 Å². The summed E-state index contributed by atoms with van der Waals surface area (Å²) in [7, 11) is 0. The molecule has 0 heterocycles. The summed E-state index contributed by atoms with van der Waals surface area (Å²) in [6.45, 7) is -0.719. The lowest BCUT2D eigenvalue weighted by molar-refractivity contribution is 0.112. The molecule has 0 aliphatic heterocycles. The van der Waals surface area contributed by atoms with Crippen molar-refractivity contribution in [2.45, 2.75) is 0 Å². The molecular formula is C9H9FO3. The number of carbonyl (C=O) groups is 1. The number of hydrogen-bond acceptors (Lipinski definition) is 3. The first-order valence-corrected chi connectivity index (χ1v) is 3.75. The largest absolute Gasteiger partial charge is 0.504 e. The number of benzene rings is 1. The van der Waals surface area contributed by atoms with Crippen LogP contribution in [0.25, 0.3) is 0 Å². The lowest BCUT2D eigenvalue weighted by Crippen LogP contribution is -1.98. The van der Waals surface area contributed by atoms with Gasteiger partial charge in [0.2, 0.25) is 0 Å². The number of ether oxygens (including phenoxy) is 1. The molecule has 1 aromatic carbocycles. The number of rotatable bonds is 4. The van der Waals surface area contributed by atoms with Crippen LogP contribution in [-0.2, 0) is 0 Å². The van der Waals surface area contributed by atoms with Gasteiger partial charge in [-0.1, -0.05) is 0 Å². The predicted molar refractivity (Wildman–Crippen MR) is 45.0 cm³/mol. The van der Waals surface area contributed by atoms with Gasteiger partial charge in [0, 0.05) is 5.56 Å². The molecule has 4 heteroatoms. The molecule has 0 unspecified atom stereocenters. The highest BCUT2D eigenvalue weighted by atomic mass is 19.1. The second-order valence-corrected chi connectivity index (χ2v) is 2.38. The lowest BCUT2D eigenvalue weighted by atomic mass is 10.2. The standard InChI is InChI=1S/C9H9FO3/c10-3-4-13-9-2-1-7(6-11)5-8(9)12/h1-2,5-6,12H,3-4H2. The maximum atomic E-state index is 11.7. The zero-order valence-electron chi connectivity index (χ0n) is 6.87. The predicted octanol–water partition coefficient (Wildman–Crippen LogP) is 1.55. The molecule has 1 rings (SSSR count). The first kappa shape index (κ1) is 9.51. The summed E-state index contributed by atoms with van der Waals surface area (Å²) in [5.41, 5.74) is 0.352. The van der Waals surface area contributed by atoms with Crippen molar-refractivity contribution in [3.63, 3.8) is 0 Å². The van der Waals surface area contributed by atoms with Crippen LogP contribution in [0.15, 0.2) is 18.2 Å². The Bertz CT molecular complexity index is 299. The van der Waals surface area contributed by atoms with Gasteiger partial charge in [0.05, 0.1) is 0 Å². The van der Waals surface area contributed by atoms with E-state index in [-0.39, 0.29) is 18.1 Å². The maximum Gasteiger partial charge on any atom is 0.161 e. The van der Waals surface area contributed by atoms with Crippen molar-refractivity contribution in [3.8, 4) is 11.5 Å². The molecule has 0 radical (unpaired) electrons. The third-order valence-electron chi connectivity index (χ3n) is 1.45. The second kappa shape index (κ2) is 4.45. The van der Waals surface area contributed by atoms with Gasteiger partial charge >= 0.3 is 0 Å². The molecule has 70 valence electrons. The lowest BCUT2D eigenvalue weighted by Gasteiger charge is -2.05. The molecule has 0 saturated heterocycles. The Hall–Kier alpha value is -1.58. The van der Waals surface area contributed by atoms with E-state index in [1.165, 1.54) is 18.2 Å². The number of aromatic hydroxyl groups is 1. The van der Waals surface area contributed by atoms with Gasteiger partial charge in [0.1, 0.15) is 19.6 Å². The normalized spacial score (nSPS) is 9.62. The zero-order valence-corrected chi connectivity index (χ0v) is 6.87. The van der Waals surface area contributed by atoms with E-state index in [1.807, 2.05) is 0 Å². The average Bonchev–Trinajstić information content (AvgIpc) is 2.16. The highest BCUT2D eigenvalue weighted by molar-refractivity contribution is 5.76. The Labute approximate surface area is 74.8 Å². The van der Waals surface area contributed by atoms with Crippen LogP contribution in [0.1, 0.15) is 10.4 Å². The third-order valence-corrected chi connectivity index (χ3v) is 1.45. The Morgan fingerprint density at radius 3 is 2.85 bits per heavy atom. The molecule has 0 bridgehead atoms. The maximum absolute atomic E-state index is 11.7. The van der Waals surface area contributed by atoms with Crippen molar-refractivity contribution in [2.24, 2.45) is 0 Å². The first-order valence-electron chi connectivity index (χ1n) is 3.75. The molecule has 3 nitrogen and oxygen atoms in total. The number of carbonyl (C=O) groups excluding carboxylic acids is 1. The summed E-state index contributed by atoms with van der Waals surface area (Å²) >= 11 is 0. The summed E-state index contributed by atoms with van der Waals surface area (Å²) in [6.07, 6.45) is 0.610. The Kier molecular flexibility index (Phi) is 3.25. The molecule has 13 heavy (non-hydrogen) atoms. The van der Waals surface area contributed by atoms with Gasteiger partial charge in [-0.2, -0.15) is 0 Å². The van der Waals surface area contributed by atoms with Crippen LogP contribution in [0.4, 0.5) is 4.39 Å². The van der Waals surface area contributed by atoms with Gasteiger partial charge in [-0.3, -0.25) is 4.79 Å². The van der Waals surface area contributed by atoms with Crippen molar-refractivity contribution in [2.75, 3.05) is 13.3 Å². The van der Waals surface area contributed by atoms with Crippen LogP contribution in [0.2, 0.25) is 0 Å². The van der Waals surface area contributed by atoms with E-state index in [4.69, 9.17) is 4.74 Å². The molecule has 0 saturated carbocycles. The summed E-state index contributed by atoms with van der Waals surface area (Å²) in [6, 6.07) is 4.18. The topological polar surface area (TPSA) is 46.5 Å². The number of aldehydes is 1. The smallest absolute Gasteiger partial charge is 0.161 e. The zero-order chi connectivity index (χ0) is 9.68. The molecule has 0 fully saturated rings. The first-order chi connectivity index (χ1) is 6.27.